The van der Waals surface area contributed by atoms with Crippen LogP contribution in [0.3, 0.4) is 0 Å². The lowest BCUT2D eigenvalue weighted by molar-refractivity contribution is 0.178. The molecule has 0 amide bonds. The summed E-state index contributed by atoms with van der Waals surface area (Å²) in [7, 11) is 0. The Hall–Kier alpha value is -1.09. The number of hydrogen-bond acceptors (Lipinski definition) is 1. The molecule has 1 atom stereocenters. The van der Waals surface area contributed by atoms with Crippen molar-refractivity contribution < 1.29 is 9.50 Å². The van der Waals surface area contributed by atoms with Gasteiger partial charge in [-0.2, -0.15) is 0 Å². The maximum atomic E-state index is 13.3. The van der Waals surface area contributed by atoms with Gasteiger partial charge >= 0.3 is 0 Å². The van der Waals surface area contributed by atoms with E-state index in [4.69, 9.17) is 23.2 Å². The van der Waals surface area contributed by atoms with Gasteiger partial charge in [0, 0.05) is 11.4 Å². The number of benzene rings is 2. The van der Waals surface area contributed by atoms with Crippen molar-refractivity contribution in [2.45, 2.75) is 19.4 Å². The van der Waals surface area contributed by atoms with Crippen LogP contribution in [0, 0.1) is 12.7 Å². The Kier molecular flexibility index (Phi) is 4.46. The molecule has 0 saturated carbocycles. The fourth-order valence-corrected chi connectivity index (χ4v) is 2.49. The average molecular weight is 299 g/mol. The lowest BCUT2D eigenvalue weighted by Gasteiger charge is -2.13. The minimum atomic E-state index is -0.767. The standard InChI is InChI=1S/C15H13Cl2FO/c1-9-5-11(7-12(16)6-9)14(19)8-10-3-2-4-13(18)15(10)17/h2-7,14,19H,8H2,1H3. The Bertz CT molecular complexity index is 578. The van der Waals surface area contributed by atoms with Crippen molar-refractivity contribution in [1.82, 2.24) is 0 Å². The van der Waals surface area contributed by atoms with E-state index in [2.05, 4.69) is 0 Å². The second kappa shape index (κ2) is 5.91. The smallest absolute Gasteiger partial charge is 0.142 e. The monoisotopic (exact) mass is 298 g/mol. The first-order valence-corrected chi connectivity index (χ1v) is 6.61. The molecule has 2 aromatic carbocycles. The van der Waals surface area contributed by atoms with Crippen molar-refractivity contribution in [2.24, 2.45) is 0 Å². The first kappa shape index (κ1) is 14.3. The lowest BCUT2D eigenvalue weighted by Crippen LogP contribution is -2.03. The zero-order chi connectivity index (χ0) is 14.0. The minimum Gasteiger partial charge on any atom is -0.388 e. The predicted octanol–water partition coefficient (Wildman–Crippen LogP) is 4.72. The van der Waals surface area contributed by atoms with E-state index in [9.17, 15) is 9.50 Å². The highest BCUT2D eigenvalue weighted by Gasteiger charge is 2.13. The van der Waals surface area contributed by atoms with E-state index in [1.165, 1.54) is 6.07 Å². The van der Waals surface area contributed by atoms with Crippen LogP contribution in [0.1, 0.15) is 22.8 Å². The summed E-state index contributed by atoms with van der Waals surface area (Å²) in [6.07, 6.45) is -0.521. The molecule has 1 nitrogen and oxygen atoms in total. The molecule has 0 aliphatic carbocycles. The number of aliphatic hydroxyl groups is 1. The van der Waals surface area contributed by atoms with E-state index < -0.39 is 11.9 Å². The van der Waals surface area contributed by atoms with Gasteiger partial charge in [-0.3, -0.25) is 0 Å². The van der Waals surface area contributed by atoms with E-state index in [0.717, 1.165) is 5.56 Å². The molecule has 1 N–H and O–H groups in total. The third-order valence-electron chi connectivity index (χ3n) is 2.89. The van der Waals surface area contributed by atoms with Gasteiger partial charge in [-0.05, 0) is 41.8 Å². The Morgan fingerprint density at radius 3 is 2.63 bits per heavy atom. The molecule has 0 saturated heterocycles. The molecule has 0 spiro atoms. The first-order chi connectivity index (χ1) is 8.97. The van der Waals surface area contributed by atoms with Crippen LogP contribution in [0.4, 0.5) is 4.39 Å². The van der Waals surface area contributed by atoms with Gasteiger partial charge in [0.15, 0.2) is 0 Å². The Labute approximate surface area is 121 Å². The van der Waals surface area contributed by atoms with Crippen LogP contribution in [0.25, 0.3) is 0 Å². The molecule has 4 heteroatoms. The maximum absolute atomic E-state index is 13.3. The van der Waals surface area contributed by atoms with E-state index in [-0.39, 0.29) is 11.4 Å². The van der Waals surface area contributed by atoms with Crippen LogP contribution in [-0.4, -0.2) is 5.11 Å². The van der Waals surface area contributed by atoms with Crippen LogP contribution in [-0.2, 0) is 6.42 Å². The SMILES string of the molecule is Cc1cc(Cl)cc(C(O)Cc2cccc(F)c2Cl)c1. The van der Waals surface area contributed by atoms with Gasteiger partial charge in [-0.15, -0.1) is 0 Å². The van der Waals surface area contributed by atoms with Crippen molar-refractivity contribution in [2.75, 3.05) is 0 Å². The molecule has 19 heavy (non-hydrogen) atoms. The number of aryl methyl sites for hydroxylation is 1. The molecule has 0 bridgehead atoms. The number of rotatable bonds is 3. The van der Waals surface area contributed by atoms with Gasteiger partial charge < -0.3 is 5.11 Å². The Balaban J connectivity index is 2.25. The quantitative estimate of drug-likeness (QED) is 0.869. The number of hydrogen-bond donors (Lipinski definition) is 1. The second-order valence-electron chi connectivity index (χ2n) is 4.49. The van der Waals surface area contributed by atoms with Crippen molar-refractivity contribution in [1.29, 1.82) is 0 Å². The molecular formula is C15H13Cl2FO. The summed E-state index contributed by atoms with van der Waals surface area (Å²) in [5, 5.41) is 10.8. The molecule has 0 fully saturated rings. The van der Waals surface area contributed by atoms with Gasteiger partial charge in [0.1, 0.15) is 5.82 Å². The highest BCUT2D eigenvalue weighted by atomic mass is 35.5. The molecule has 100 valence electrons. The number of aliphatic hydroxyl groups excluding tert-OH is 1. The summed E-state index contributed by atoms with van der Waals surface area (Å²) < 4.78 is 13.3. The minimum absolute atomic E-state index is 0.0558. The fraction of sp³-hybridized carbons (Fsp3) is 0.200. The number of halogens is 3. The van der Waals surface area contributed by atoms with Crippen LogP contribution in [0.5, 0.6) is 0 Å². The summed E-state index contributed by atoms with van der Waals surface area (Å²) in [5.74, 6) is -0.478. The summed E-state index contributed by atoms with van der Waals surface area (Å²) >= 11 is 11.8. The maximum Gasteiger partial charge on any atom is 0.142 e. The molecule has 0 heterocycles. The van der Waals surface area contributed by atoms with E-state index >= 15 is 0 Å². The van der Waals surface area contributed by atoms with E-state index in [0.29, 0.717) is 16.1 Å². The predicted molar refractivity (Wildman–Crippen MR) is 76.3 cm³/mol. The van der Waals surface area contributed by atoms with Gasteiger partial charge in [0.25, 0.3) is 0 Å². The van der Waals surface area contributed by atoms with Crippen LogP contribution in [0.2, 0.25) is 10.0 Å². The van der Waals surface area contributed by atoms with Crippen LogP contribution < -0.4 is 0 Å². The van der Waals surface area contributed by atoms with Crippen LogP contribution >= 0.6 is 23.2 Å². The summed E-state index contributed by atoms with van der Waals surface area (Å²) in [6.45, 7) is 1.90. The van der Waals surface area contributed by atoms with Crippen molar-refractivity contribution >= 4 is 23.2 Å². The fourth-order valence-electron chi connectivity index (χ4n) is 1.99. The highest BCUT2D eigenvalue weighted by Crippen LogP contribution is 2.27. The Morgan fingerprint density at radius 2 is 1.95 bits per heavy atom. The largest absolute Gasteiger partial charge is 0.388 e. The van der Waals surface area contributed by atoms with Crippen molar-refractivity contribution in [3.05, 3.63) is 69.0 Å². The molecule has 0 radical (unpaired) electrons. The van der Waals surface area contributed by atoms with Gasteiger partial charge in [-0.25, -0.2) is 4.39 Å². The lowest BCUT2D eigenvalue weighted by atomic mass is 10.00. The average Bonchev–Trinajstić information content (AvgIpc) is 2.33. The van der Waals surface area contributed by atoms with E-state index in [1.807, 2.05) is 19.1 Å². The Morgan fingerprint density at radius 1 is 1.21 bits per heavy atom. The molecule has 2 aromatic rings. The second-order valence-corrected chi connectivity index (χ2v) is 5.31. The van der Waals surface area contributed by atoms with Gasteiger partial charge in [0.2, 0.25) is 0 Å². The van der Waals surface area contributed by atoms with Gasteiger partial charge in [0.05, 0.1) is 11.1 Å². The highest BCUT2D eigenvalue weighted by molar-refractivity contribution is 6.31. The van der Waals surface area contributed by atoms with Crippen molar-refractivity contribution in [3.63, 3.8) is 0 Å². The van der Waals surface area contributed by atoms with Gasteiger partial charge in [-0.1, -0.05) is 41.4 Å². The molecule has 2 rings (SSSR count). The molecule has 1 unspecified atom stereocenters. The molecule has 0 aliphatic heterocycles. The summed E-state index contributed by atoms with van der Waals surface area (Å²) in [5.41, 5.74) is 2.24. The first-order valence-electron chi connectivity index (χ1n) is 5.85. The third-order valence-corrected chi connectivity index (χ3v) is 3.54. The molecular weight excluding hydrogens is 286 g/mol. The van der Waals surface area contributed by atoms with E-state index in [1.54, 1.807) is 18.2 Å². The summed E-state index contributed by atoms with van der Waals surface area (Å²) in [6, 6.07) is 9.93. The third kappa shape index (κ3) is 3.47. The van der Waals surface area contributed by atoms with Crippen molar-refractivity contribution in [3.8, 4) is 0 Å². The molecule has 0 aromatic heterocycles. The summed E-state index contributed by atoms with van der Waals surface area (Å²) in [4.78, 5) is 0. The van der Waals surface area contributed by atoms with Crippen LogP contribution in [0.15, 0.2) is 36.4 Å². The topological polar surface area (TPSA) is 20.2 Å². The normalized spacial score (nSPS) is 12.5. The zero-order valence-electron chi connectivity index (χ0n) is 10.3. The molecule has 0 aliphatic rings. The zero-order valence-corrected chi connectivity index (χ0v) is 11.8.